The van der Waals surface area contributed by atoms with E-state index in [9.17, 15) is 8.42 Å². The highest BCUT2D eigenvalue weighted by Crippen LogP contribution is 2.53. The molecule has 2 saturated carbocycles. The van der Waals surface area contributed by atoms with Crippen LogP contribution >= 0.6 is 0 Å². The molecule has 0 spiro atoms. The van der Waals surface area contributed by atoms with Crippen molar-refractivity contribution in [1.29, 1.82) is 0 Å². The summed E-state index contributed by atoms with van der Waals surface area (Å²) in [5.74, 6) is 3.00. The predicted molar refractivity (Wildman–Crippen MR) is 98.4 cm³/mol. The molecule has 138 valence electrons. The fraction of sp³-hybridized carbons (Fsp3) is 0.588. The van der Waals surface area contributed by atoms with Crippen LogP contribution in [0.25, 0.3) is 0 Å². The summed E-state index contributed by atoms with van der Waals surface area (Å²) in [6.45, 7) is 0.711. The molecule has 2 saturated heterocycles. The first-order valence-electron chi connectivity index (χ1n) is 8.99. The van der Waals surface area contributed by atoms with Crippen LogP contribution in [-0.2, 0) is 9.84 Å². The molecular weight excluding hydrogens is 352 g/mol. The first-order valence-corrected chi connectivity index (χ1v) is 11.1. The van der Waals surface area contributed by atoms with Gasteiger partial charge in [-0.25, -0.2) is 13.4 Å². The second kappa shape index (κ2) is 5.42. The van der Waals surface area contributed by atoms with Crippen molar-refractivity contribution in [1.82, 2.24) is 20.2 Å². The van der Waals surface area contributed by atoms with Crippen LogP contribution in [0.2, 0.25) is 0 Å². The third-order valence-electron chi connectivity index (χ3n) is 5.62. The molecule has 4 heterocycles. The van der Waals surface area contributed by atoms with Gasteiger partial charge >= 0.3 is 0 Å². The third kappa shape index (κ3) is 2.94. The zero-order valence-electron chi connectivity index (χ0n) is 14.6. The largest absolute Gasteiger partial charge is 0.337 e. The highest BCUT2D eigenvalue weighted by Gasteiger charge is 2.57. The van der Waals surface area contributed by atoms with Gasteiger partial charge in [0.15, 0.2) is 5.82 Å². The summed E-state index contributed by atoms with van der Waals surface area (Å²) in [7, 11) is -2.97. The average Bonchev–Trinajstić information content (AvgIpc) is 3.04. The number of nitrogens with zero attached hydrogens (tertiary/aromatic N) is 4. The molecule has 0 aromatic carbocycles. The van der Waals surface area contributed by atoms with E-state index in [0.29, 0.717) is 30.3 Å². The smallest absolute Gasteiger partial charge is 0.227 e. The summed E-state index contributed by atoms with van der Waals surface area (Å²) in [6.07, 6.45) is 7.32. The maximum atomic E-state index is 11.7. The standard InChI is InChI=1S/C17H22N6O2S/c1-26(24,25)10-17-7-12(8-17)23(9-17)16-18-5-4-14(20-16)19-15-6-13(21-22-15)11-2-3-11/h4-6,11-12H,2-3,7-10H2,1H3,(H2,18,19,20,21,22). The summed E-state index contributed by atoms with van der Waals surface area (Å²) in [4.78, 5) is 11.2. The van der Waals surface area contributed by atoms with E-state index in [1.54, 1.807) is 6.20 Å². The molecule has 2 aromatic heterocycles. The SMILES string of the molecule is CS(=O)(=O)CC12CC(C1)N(c1nccc(Nc3cc(C4CC4)[nH]n3)n1)C2. The lowest BCUT2D eigenvalue weighted by atomic mass is 9.72. The van der Waals surface area contributed by atoms with Crippen molar-refractivity contribution in [3.63, 3.8) is 0 Å². The summed E-state index contributed by atoms with van der Waals surface area (Å²) in [6, 6.07) is 4.20. The molecule has 0 amide bonds. The van der Waals surface area contributed by atoms with Gasteiger partial charge < -0.3 is 10.2 Å². The van der Waals surface area contributed by atoms with E-state index in [1.807, 2.05) is 12.1 Å². The van der Waals surface area contributed by atoms with Gasteiger partial charge in [0.2, 0.25) is 5.95 Å². The molecule has 2 aliphatic carbocycles. The van der Waals surface area contributed by atoms with Gasteiger partial charge in [0.1, 0.15) is 15.7 Å². The van der Waals surface area contributed by atoms with Gasteiger partial charge in [-0.3, -0.25) is 5.10 Å². The quantitative estimate of drug-likeness (QED) is 0.795. The number of aromatic nitrogens is 4. The van der Waals surface area contributed by atoms with Crippen LogP contribution in [-0.4, -0.2) is 53.2 Å². The summed E-state index contributed by atoms with van der Waals surface area (Å²) in [5, 5.41) is 10.6. The fourth-order valence-corrected chi connectivity index (χ4v) is 5.86. The van der Waals surface area contributed by atoms with Crippen LogP contribution in [0, 0.1) is 5.41 Å². The molecule has 0 unspecified atom stereocenters. The van der Waals surface area contributed by atoms with Crippen LogP contribution in [0.5, 0.6) is 0 Å². The highest BCUT2D eigenvalue weighted by molar-refractivity contribution is 7.90. The van der Waals surface area contributed by atoms with Crippen molar-refractivity contribution in [2.45, 2.75) is 37.6 Å². The Morgan fingerprint density at radius 2 is 2.15 bits per heavy atom. The Hall–Kier alpha value is -2.16. The maximum Gasteiger partial charge on any atom is 0.227 e. The van der Waals surface area contributed by atoms with Crippen LogP contribution in [0.3, 0.4) is 0 Å². The molecule has 26 heavy (non-hydrogen) atoms. The summed E-state index contributed by atoms with van der Waals surface area (Å²) in [5.41, 5.74) is 1.05. The molecule has 2 bridgehead atoms. The van der Waals surface area contributed by atoms with E-state index in [4.69, 9.17) is 0 Å². The van der Waals surface area contributed by atoms with E-state index >= 15 is 0 Å². The minimum atomic E-state index is -2.97. The molecule has 2 aliphatic heterocycles. The van der Waals surface area contributed by atoms with Gasteiger partial charge in [-0.15, -0.1) is 0 Å². The van der Waals surface area contributed by atoms with E-state index in [-0.39, 0.29) is 11.2 Å². The van der Waals surface area contributed by atoms with Crippen LogP contribution < -0.4 is 10.2 Å². The van der Waals surface area contributed by atoms with Gasteiger partial charge in [-0.2, -0.15) is 10.1 Å². The van der Waals surface area contributed by atoms with Gasteiger partial charge in [-0.1, -0.05) is 0 Å². The first-order chi connectivity index (χ1) is 12.4. The first kappa shape index (κ1) is 16.0. The third-order valence-corrected chi connectivity index (χ3v) is 6.76. The number of hydrogen-bond donors (Lipinski definition) is 2. The van der Waals surface area contributed by atoms with Crippen molar-refractivity contribution in [2.24, 2.45) is 5.41 Å². The molecule has 2 N–H and O–H groups in total. The number of hydrogen-bond acceptors (Lipinski definition) is 7. The van der Waals surface area contributed by atoms with Crippen LogP contribution in [0.1, 0.15) is 37.3 Å². The maximum absolute atomic E-state index is 11.7. The van der Waals surface area contributed by atoms with E-state index < -0.39 is 9.84 Å². The number of nitrogens with one attached hydrogen (secondary N) is 2. The van der Waals surface area contributed by atoms with E-state index in [0.717, 1.165) is 18.7 Å². The molecule has 4 fully saturated rings. The molecule has 0 radical (unpaired) electrons. The summed E-state index contributed by atoms with van der Waals surface area (Å²) >= 11 is 0. The lowest BCUT2D eigenvalue weighted by Gasteiger charge is -2.36. The van der Waals surface area contributed by atoms with Crippen molar-refractivity contribution < 1.29 is 8.42 Å². The van der Waals surface area contributed by atoms with Gasteiger partial charge in [0, 0.05) is 48.1 Å². The lowest BCUT2D eigenvalue weighted by Crippen LogP contribution is -2.39. The molecule has 0 atom stereocenters. The van der Waals surface area contributed by atoms with E-state index in [2.05, 4.69) is 30.4 Å². The Morgan fingerprint density at radius 3 is 2.88 bits per heavy atom. The van der Waals surface area contributed by atoms with Gasteiger partial charge in [0.05, 0.1) is 5.75 Å². The monoisotopic (exact) mass is 374 g/mol. The van der Waals surface area contributed by atoms with Crippen molar-refractivity contribution in [3.8, 4) is 0 Å². The molecule has 4 aliphatic rings. The number of rotatable bonds is 6. The van der Waals surface area contributed by atoms with Crippen LogP contribution in [0.4, 0.5) is 17.6 Å². The topological polar surface area (TPSA) is 104 Å². The van der Waals surface area contributed by atoms with Crippen molar-refractivity contribution >= 4 is 27.4 Å². The molecule has 2 aromatic rings. The summed E-state index contributed by atoms with van der Waals surface area (Å²) < 4.78 is 23.4. The normalized spacial score (nSPS) is 27.4. The Morgan fingerprint density at radius 1 is 1.35 bits per heavy atom. The molecule has 6 rings (SSSR count). The Bertz CT molecular complexity index is 946. The predicted octanol–water partition coefficient (Wildman–Crippen LogP) is 1.83. The minimum Gasteiger partial charge on any atom is -0.337 e. The number of anilines is 3. The second-order valence-electron chi connectivity index (χ2n) is 8.11. The highest BCUT2D eigenvalue weighted by atomic mass is 32.2. The Balaban J connectivity index is 1.31. The number of sulfone groups is 1. The van der Waals surface area contributed by atoms with Gasteiger partial charge in [-0.05, 0) is 31.7 Å². The molecule has 8 nitrogen and oxygen atoms in total. The zero-order valence-corrected chi connectivity index (χ0v) is 15.5. The minimum absolute atomic E-state index is 0.119. The number of H-pyrrole nitrogens is 1. The lowest BCUT2D eigenvalue weighted by molar-refractivity contribution is 0.232. The van der Waals surface area contributed by atoms with Crippen molar-refractivity contribution in [3.05, 3.63) is 24.0 Å². The molecular formula is C17H22N6O2S. The second-order valence-corrected chi connectivity index (χ2v) is 10.2. The zero-order chi connectivity index (χ0) is 17.9. The van der Waals surface area contributed by atoms with Crippen molar-refractivity contribution in [2.75, 3.05) is 28.8 Å². The number of aromatic amines is 1. The fourth-order valence-electron chi connectivity index (χ4n) is 4.43. The average molecular weight is 374 g/mol. The Kier molecular flexibility index (Phi) is 3.34. The van der Waals surface area contributed by atoms with Gasteiger partial charge in [0.25, 0.3) is 0 Å². The Labute approximate surface area is 152 Å². The van der Waals surface area contributed by atoms with Crippen LogP contribution in [0.15, 0.2) is 18.3 Å². The number of fused-ring (bicyclic) bond motifs is 1. The van der Waals surface area contributed by atoms with E-state index in [1.165, 1.54) is 24.8 Å². The molecule has 9 heteroatoms.